The van der Waals surface area contributed by atoms with Gasteiger partial charge in [0.15, 0.2) is 0 Å². The molecule has 2 nitrogen and oxygen atoms in total. The molecule has 0 unspecified atom stereocenters. The maximum absolute atomic E-state index is 12.1. The first-order chi connectivity index (χ1) is 13.6. The Morgan fingerprint density at radius 2 is 0.857 bits per heavy atom. The third-order valence-electron chi connectivity index (χ3n) is 4.67. The molecule has 4 heteroatoms. The van der Waals surface area contributed by atoms with Crippen LogP contribution in [0.5, 0.6) is 0 Å². The van der Waals surface area contributed by atoms with Crippen molar-refractivity contribution in [1.29, 1.82) is 0 Å². The van der Waals surface area contributed by atoms with Crippen LogP contribution in [0.1, 0.15) is 0 Å². The molecule has 0 N–H and O–H groups in total. The van der Waals surface area contributed by atoms with Crippen molar-refractivity contribution in [3.05, 3.63) is 103 Å². The first kappa shape index (κ1) is 18.5. The minimum Gasteiger partial charge on any atom is -0.207 e. The first-order valence-corrected chi connectivity index (χ1v) is 11.1. The Kier molecular flexibility index (Phi) is 5.03. The molecule has 0 atom stereocenters. The van der Waals surface area contributed by atoms with Crippen molar-refractivity contribution < 1.29 is 8.42 Å². The molecule has 0 amide bonds. The van der Waals surface area contributed by atoms with E-state index in [0.29, 0.717) is 5.56 Å². The summed E-state index contributed by atoms with van der Waals surface area (Å²) >= 11 is 0. The molecule has 4 aromatic rings. The third kappa shape index (κ3) is 3.59. The highest BCUT2D eigenvalue weighted by Gasteiger charge is 2.19. The van der Waals surface area contributed by atoms with E-state index in [1.165, 1.54) is 6.07 Å². The summed E-state index contributed by atoms with van der Waals surface area (Å²) in [6.07, 6.45) is 0. The highest BCUT2D eigenvalue weighted by molar-refractivity contribution is 8.13. The van der Waals surface area contributed by atoms with Gasteiger partial charge in [-0.05, 0) is 33.9 Å². The summed E-state index contributed by atoms with van der Waals surface area (Å²) in [4.78, 5) is 0.112. The molecule has 0 fully saturated rings. The number of halogens is 1. The molecule has 0 aromatic heterocycles. The average molecular weight is 405 g/mol. The Morgan fingerprint density at radius 3 is 1.43 bits per heavy atom. The van der Waals surface area contributed by atoms with Crippen LogP contribution >= 0.6 is 10.7 Å². The maximum Gasteiger partial charge on any atom is 0.261 e. The van der Waals surface area contributed by atoms with Gasteiger partial charge in [-0.25, -0.2) is 8.42 Å². The molecule has 138 valence electrons. The first-order valence-electron chi connectivity index (χ1n) is 8.83. The number of rotatable bonds is 4. The highest BCUT2D eigenvalue weighted by atomic mass is 35.7. The summed E-state index contributed by atoms with van der Waals surface area (Å²) in [6.45, 7) is 0. The molecule has 4 aromatic carbocycles. The number of hydrogen-bond donors (Lipinski definition) is 0. The van der Waals surface area contributed by atoms with E-state index in [-0.39, 0.29) is 4.90 Å². The monoisotopic (exact) mass is 404 g/mol. The quantitative estimate of drug-likeness (QED) is 0.358. The lowest BCUT2D eigenvalue weighted by Crippen LogP contribution is -1.96. The average Bonchev–Trinajstić information content (AvgIpc) is 2.74. The van der Waals surface area contributed by atoms with Crippen molar-refractivity contribution in [3.8, 4) is 33.4 Å². The van der Waals surface area contributed by atoms with E-state index in [2.05, 4.69) is 24.3 Å². The second kappa shape index (κ2) is 7.63. The standard InChI is InChI=1S/C24H17ClO2S/c25-28(26,27)24-17-9-8-16-23(24)22-15-7-6-14-21(22)20-13-5-4-12-19(20)18-10-2-1-3-11-18/h1-17H. The van der Waals surface area contributed by atoms with E-state index in [1.807, 2.05) is 60.7 Å². The molecule has 0 bridgehead atoms. The zero-order valence-corrected chi connectivity index (χ0v) is 16.5. The van der Waals surface area contributed by atoms with Crippen molar-refractivity contribution in [2.75, 3.05) is 0 Å². The van der Waals surface area contributed by atoms with Gasteiger partial charge in [0.25, 0.3) is 9.05 Å². The van der Waals surface area contributed by atoms with Crippen molar-refractivity contribution in [1.82, 2.24) is 0 Å². The third-order valence-corrected chi connectivity index (χ3v) is 6.05. The molecule has 0 saturated heterocycles. The van der Waals surface area contributed by atoms with Crippen molar-refractivity contribution in [2.45, 2.75) is 4.90 Å². The molecule has 0 aliphatic carbocycles. The lowest BCUT2D eigenvalue weighted by molar-refractivity contribution is 0.610. The normalized spacial score (nSPS) is 11.3. The van der Waals surface area contributed by atoms with Gasteiger partial charge in [0.05, 0.1) is 4.90 Å². The zero-order valence-electron chi connectivity index (χ0n) is 14.9. The molecule has 0 aliphatic rings. The Balaban J connectivity index is 1.99. The van der Waals surface area contributed by atoms with Gasteiger partial charge < -0.3 is 0 Å². The lowest BCUT2D eigenvalue weighted by Gasteiger charge is -2.16. The van der Waals surface area contributed by atoms with E-state index >= 15 is 0 Å². The Bertz CT molecular complexity index is 1230. The molecular weight excluding hydrogens is 388 g/mol. The van der Waals surface area contributed by atoms with E-state index in [0.717, 1.165) is 27.8 Å². The zero-order chi connectivity index (χ0) is 19.6. The van der Waals surface area contributed by atoms with E-state index < -0.39 is 9.05 Å². The second-order valence-electron chi connectivity index (χ2n) is 6.39. The van der Waals surface area contributed by atoms with Crippen LogP contribution in [0.2, 0.25) is 0 Å². The van der Waals surface area contributed by atoms with Crippen LogP contribution in [0.3, 0.4) is 0 Å². The number of hydrogen-bond acceptors (Lipinski definition) is 2. The molecule has 0 heterocycles. The molecule has 4 rings (SSSR count). The lowest BCUT2D eigenvalue weighted by atomic mass is 9.89. The van der Waals surface area contributed by atoms with E-state index in [9.17, 15) is 8.42 Å². The van der Waals surface area contributed by atoms with Crippen LogP contribution in [-0.2, 0) is 9.05 Å². The summed E-state index contributed by atoms with van der Waals surface area (Å²) in [7, 11) is 1.84. The number of benzene rings is 4. The summed E-state index contributed by atoms with van der Waals surface area (Å²) in [5.74, 6) is 0. The molecule has 0 radical (unpaired) electrons. The van der Waals surface area contributed by atoms with E-state index in [1.54, 1.807) is 12.1 Å². The Labute approximate surface area is 169 Å². The summed E-state index contributed by atoms with van der Waals surface area (Å²) < 4.78 is 24.3. The molecule has 0 spiro atoms. The SMILES string of the molecule is O=S(=O)(Cl)c1ccccc1-c1ccccc1-c1ccccc1-c1ccccc1. The van der Waals surface area contributed by atoms with Crippen LogP contribution in [-0.4, -0.2) is 8.42 Å². The topological polar surface area (TPSA) is 34.1 Å². The van der Waals surface area contributed by atoms with Crippen LogP contribution in [0.4, 0.5) is 0 Å². The molecular formula is C24H17ClO2S. The molecule has 28 heavy (non-hydrogen) atoms. The summed E-state index contributed by atoms with van der Waals surface area (Å²) in [5, 5.41) is 0. The van der Waals surface area contributed by atoms with Gasteiger partial charge in [-0.2, -0.15) is 0 Å². The fraction of sp³-hybridized carbons (Fsp3) is 0. The summed E-state index contributed by atoms with van der Waals surface area (Å²) in [5.41, 5.74) is 5.59. The van der Waals surface area contributed by atoms with Gasteiger partial charge in [0.2, 0.25) is 0 Å². The van der Waals surface area contributed by atoms with E-state index in [4.69, 9.17) is 10.7 Å². The smallest absolute Gasteiger partial charge is 0.207 e. The Hall–Kier alpha value is -2.88. The van der Waals surface area contributed by atoms with Gasteiger partial charge in [-0.15, -0.1) is 0 Å². The van der Waals surface area contributed by atoms with Gasteiger partial charge in [0.1, 0.15) is 0 Å². The van der Waals surface area contributed by atoms with Crippen molar-refractivity contribution in [3.63, 3.8) is 0 Å². The van der Waals surface area contributed by atoms with Crippen molar-refractivity contribution >= 4 is 19.7 Å². The summed E-state index contributed by atoms with van der Waals surface area (Å²) in [6, 6.07) is 32.9. The van der Waals surface area contributed by atoms with Crippen LogP contribution in [0, 0.1) is 0 Å². The van der Waals surface area contributed by atoms with Gasteiger partial charge in [0, 0.05) is 16.2 Å². The molecule has 0 saturated carbocycles. The Morgan fingerprint density at radius 1 is 0.464 bits per heavy atom. The minimum atomic E-state index is -3.87. The van der Waals surface area contributed by atoms with Crippen LogP contribution in [0.15, 0.2) is 108 Å². The van der Waals surface area contributed by atoms with Gasteiger partial charge in [-0.1, -0.05) is 97.1 Å². The van der Waals surface area contributed by atoms with Gasteiger partial charge in [-0.3, -0.25) is 0 Å². The maximum atomic E-state index is 12.1. The predicted octanol–water partition coefficient (Wildman–Crippen LogP) is 6.62. The van der Waals surface area contributed by atoms with Crippen LogP contribution in [0.25, 0.3) is 33.4 Å². The largest absolute Gasteiger partial charge is 0.261 e. The molecule has 0 aliphatic heterocycles. The minimum absolute atomic E-state index is 0.112. The predicted molar refractivity (Wildman–Crippen MR) is 116 cm³/mol. The second-order valence-corrected chi connectivity index (χ2v) is 8.93. The van der Waals surface area contributed by atoms with Gasteiger partial charge >= 0.3 is 0 Å². The van der Waals surface area contributed by atoms with Crippen LogP contribution < -0.4 is 0 Å². The van der Waals surface area contributed by atoms with Crippen molar-refractivity contribution in [2.24, 2.45) is 0 Å². The fourth-order valence-electron chi connectivity index (χ4n) is 3.44. The highest BCUT2D eigenvalue weighted by Crippen LogP contribution is 2.40. The fourth-order valence-corrected chi connectivity index (χ4v) is 4.53.